The van der Waals surface area contributed by atoms with Crippen LogP contribution in [0.4, 0.5) is 0 Å². The molecule has 0 saturated heterocycles. The predicted octanol–water partition coefficient (Wildman–Crippen LogP) is 25.0. The Bertz CT molecular complexity index is 2610. The topological polar surface area (TPSA) is 237 Å². The van der Waals surface area contributed by atoms with E-state index in [0.29, 0.717) is 25.7 Å². The van der Waals surface area contributed by atoms with E-state index >= 15 is 0 Å². The number of carbonyl (C=O) groups excluding carboxylic acids is 4. The molecule has 3 N–H and O–H groups in total. The first-order valence-corrected chi connectivity index (χ1v) is 45.1. The van der Waals surface area contributed by atoms with Gasteiger partial charge in [0.1, 0.15) is 19.3 Å². The molecular weight excluding hydrogens is 1400 g/mol. The maximum Gasteiger partial charge on any atom is 0.472 e. The standard InChI is InChI=1S/C89H150O17P2/c1-5-9-13-17-21-25-29-33-37-39-41-43-47-50-54-58-62-66-70-74-87(92)100-80-85(106-89(94)76-72-68-64-60-56-52-48-44-42-40-38-34-30-26-22-18-14-10-6-2)82-104-108(97,98)102-78-83(90)77-101-107(95,96)103-81-84(105-88(93)75-71-67-63-59-55-51-46-36-32-28-24-20-16-12-8-4)79-99-86(91)73-69-65-61-57-53-49-45-35-31-27-23-19-15-11-7-3/h11,15,21-23,25-27,33-38,41-46,53,57,65,69,83-85,90H,5-10,12-14,16-20,24,28-32,39-40,47-52,54-56,58-64,66-68,70-82H2,1-4H3,(H,95,96)(H,97,98)/b15-11-,25-21-,26-22-,27-23-,37-33-,38-34-,43-41-,44-42-,45-35-,46-36-,57-53-,69-65-. The molecule has 0 rings (SSSR count). The van der Waals surface area contributed by atoms with Gasteiger partial charge < -0.3 is 33.8 Å². The van der Waals surface area contributed by atoms with Crippen LogP contribution in [0, 0.1) is 0 Å². The van der Waals surface area contributed by atoms with Gasteiger partial charge >= 0.3 is 39.5 Å². The third-order valence-corrected chi connectivity index (χ3v) is 19.2. The first-order valence-electron chi connectivity index (χ1n) is 42.1. The molecule has 0 radical (unpaired) electrons. The normalized spacial score (nSPS) is 14.5. The molecule has 0 aliphatic carbocycles. The van der Waals surface area contributed by atoms with Crippen molar-refractivity contribution in [2.24, 2.45) is 0 Å². The lowest BCUT2D eigenvalue weighted by atomic mass is 10.1. The van der Waals surface area contributed by atoms with Gasteiger partial charge in [-0.3, -0.25) is 37.3 Å². The zero-order valence-electron chi connectivity index (χ0n) is 67.7. The molecule has 108 heavy (non-hydrogen) atoms. The summed E-state index contributed by atoms with van der Waals surface area (Å²) in [6, 6.07) is 0. The molecule has 0 fully saturated rings. The summed E-state index contributed by atoms with van der Waals surface area (Å²) in [5.41, 5.74) is 0. The molecule has 0 aromatic carbocycles. The Morgan fingerprint density at radius 1 is 0.278 bits per heavy atom. The van der Waals surface area contributed by atoms with E-state index in [1.807, 2.05) is 18.2 Å². The zero-order valence-corrected chi connectivity index (χ0v) is 69.5. The van der Waals surface area contributed by atoms with Crippen molar-refractivity contribution in [1.82, 2.24) is 0 Å². The minimum absolute atomic E-state index is 0.0622. The third-order valence-electron chi connectivity index (χ3n) is 17.3. The number of allylic oxidation sites excluding steroid dienone is 23. The number of aliphatic hydroxyl groups excluding tert-OH is 1. The van der Waals surface area contributed by atoms with Gasteiger partial charge in [-0.15, -0.1) is 0 Å². The van der Waals surface area contributed by atoms with Crippen molar-refractivity contribution < 1.29 is 80.2 Å². The summed E-state index contributed by atoms with van der Waals surface area (Å²) in [4.78, 5) is 73.1. The second kappa shape index (κ2) is 80.0. The van der Waals surface area contributed by atoms with Gasteiger partial charge in [0.05, 0.1) is 32.8 Å². The molecule has 0 amide bonds. The summed E-state index contributed by atoms with van der Waals surface area (Å²) in [5, 5.41) is 10.7. The van der Waals surface area contributed by atoms with Gasteiger partial charge in [0.25, 0.3) is 0 Å². The van der Waals surface area contributed by atoms with E-state index in [1.54, 1.807) is 6.08 Å². The molecule has 19 heteroatoms. The molecule has 0 aromatic heterocycles. The number of unbranched alkanes of at least 4 members (excludes halogenated alkanes) is 29. The number of esters is 4. The Labute approximate surface area is 656 Å². The van der Waals surface area contributed by atoms with E-state index in [-0.39, 0.29) is 25.7 Å². The highest BCUT2D eigenvalue weighted by atomic mass is 31.2. The van der Waals surface area contributed by atoms with Gasteiger partial charge in [-0.1, -0.05) is 302 Å². The van der Waals surface area contributed by atoms with E-state index in [1.165, 1.54) is 77.0 Å². The van der Waals surface area contributed by atoms with E-state index in [0.717, 1.165) is 180 Å². The Balaban J connectivity index is 5.46. The molecule has 5 unspecified atom stereocenters. The quantitative estimate of drug-likeness (QED) is 0.0169. The van der Waals surface area contributed by atoms with E-state index in [2.05, 4.69) is 149 Å². The summed E-state index contributed by atoms with van der Waals surface area (Å²) in [5.74, 6) is -2.36. The van der Waals surface area contributed by atoms with Gasteiger partial charge in [-0.05, 0) is 154 Å². The molecule has 0 bridgehead atoms. The van der Waals surface area contributed by atoms with Crippen molar-refractivity contribution in [3.05, 3.63) is 146 Å². The van der Waals surface area contributed by atoms with Crippen LogP contribution in [0.2, 0.25) is 0 Å². The summed E-state index contributed by atoms with van der Waals surface area (Å²) >= 11 is 0. The second-order valence-corrected chi connectivity index (χ2v) is 30.6. The van der Waals surface area contributed by atoms with Crippen LogP contribution >= 0.6 is 15.6 Å². The van der Waals surface area contributed by atoms with Crippen molar-refractivity contribution in [3.63, 3.8) is 0 Å². The first kappa shape index (κ1) is 103. The van der Waals surface area contributed by atoms with E-state index in [9.17, 15) is 43.2 Å². The van der Waals surface area contributed by atoms with Crippen molar-refractivity contribution in [3.8, 4) is 0 Å². The van der Waals surface area contributed by atoms with Crippen LogP contribution in [0.3, 0.4) is 0 Å². The molecule has 17 nitrogen and oxygen atoms in total. The number of carbonyl (C=O) groups is 4. The lowest BCUT2D eigenvalue weighted by Crippen LogP contribution is -2.30. The summed E-state index contributed by atoms with van der Waals surface area (Å²) in [6.45, 7) is 4.57. The highest BCUT2D eigenvalue weighted by molar-refractivity contribution is 7.47. The smallest absolute Gasteiger partial charge is 0.462 e. The lowest BCUT2D eigenvalue weighted by Gasteiger charge is -2.21. The number of hydrogen-bond donors (Lipinski definition) is 3. The van der Waals surface area contributed by atoms with Gasteiger partial charge in [0, 0.05) is 19.3 Å². The SMILES string of the molecule is CC/C=C\C/C=C\C/C=C\C/C=C\C/C=C\CC(=O)OCC(COP(=O)(O)OCC(O)COP(=O)(O)OCC(COC(=O)CCCCCCCC/C=C\C/C=C\C/C=C\CCCCC)OC(=O)CCCCCCCC/C=C\C/C=C\C/C=C\CCCCC)OC(=O)CCCCCCC/C=C\CCCCCCCC. The van der Waals surface area contributed by atoms with Crippen molar-refractivity contribution in [2.45, 2.75) is 354 Å². The number of hydrogen-bond acceptors (Lipinski definition) is 15. The largest absolute Gasteiger partial charge is 0.472 e. The van der Waals surface area contributed by atoms with Crippen LogP contribution in [-0.2, 0) is 65.4 Å². The van der Waals surface area contributed by atoms with Crippen LogP contribution < -0.4 is 0 Å². The summed E-state index contributed by atoms with van der Waals surface area (Å²) < 4.78 is 68.6. The highest BCUT2D eigenvalue weighted by Gasteiger charge is 2.30. The Kier molecular flexibility index (Phi) is 76.3. The third kappa shape index (κ3) is 79.0. The van der Waals surface area contributed by atoms with Crippen LogP contribution in [0.5, 0.6) is 0 Å². The number of phosphoric acid groups is 2. The average molecular weight is 1550 g/mol. The molecule has 0 saturated carbocycles. The molecule has 5 atom stereocenters. The second-order valence-electron chi connectivity index (χ2n) is 27.7. The number of aliphatic hydroxyl groups is 1. The Hall–Kier alpha value is -5.06. The fourth-order valence-corrected chi connectivity index (χ4v) is 12.5. The Morgan fingerprint density at radius 3 is 0.852 bits per heavy atom. The fraction of sp³-hybridized carbons (Fsp3) is 0.685. The minimum atomic E-state index is -5.01. The maximum absolute atomic E-state index is 13.1. The minimum Gasteiger partial charge on any atom is -0.462 e. The van der Waals surface area contributed by atoms with E-state index < -0.39 is 97.5 Å². The van der Waals surface area contributed by atoms with Gasteiger partial charge in [-0.2, -0.15) is 0 Å². The first-order chi connectivity index (χ1) is 52.7. The van der Waals surface area contributed by atoms with Crippen LogP contribution in [0.25, 0.3) is 0 Å². The van der Waals surface area contributed by atoms with Crippen molar-refractivity contribution >= 4 is 39.5 Å². The van der Waals surface area contributed by atoms with Gasteiger partial charge in [-0.25, -0.2) is 9.13 Å². The fourth-order valence-electron chi connectivity index (χ4n) is 10.9. The molecule has 0 aliphatic rings. The number of rotatable bonds is 78. The van der Waals surface area contributed by atoms with Crippen molar-refractivity contribution in [2.75, 3.05) is 39.6 Å². The van der Waals surface area contributed by atoms with Crippen molar-refractivity contribution in [1.29, 1.82) is 0 Å². The summed E-state index contributed by atoms with van der Waals surface area (Å²) in [6.07, 6.45) is 92.7. The maximum atomic E-state index is 13.1. The molecule has 0 aliphatic heterocycles. The predicted molar refractivity (Wildman–Crippen MR) is 445 cm³/mol. The molecule has 0 heterocycles. The summed E-state index contributed by atoms with van der Waals surface area (Å²) in [7, 11) is -10.0. The lowest BCUT2D eigenvalue weighted by molar-refractivity contribution is -0.161. The average Bonchev–Trinajstić information content (AvgIpc) is 0.899. The van der Waals surface area contributed by atoms with Crippen LogP contribution in [-0.4, -0.2) is 96.7 Å². The van der Waals surface area contributed by atoms with Crippen LogP contribution in [0.15, 0.2) is 146 Å². The zero-order chi connectivity index (χ0) is 78.9. The molecule has 0 aromatic rings. The molecular formula is C89H150O17P2. The number of ether oxygens (including phenoxy) is 4. The van der Waals surface area contributed by atoms with Gasteiger partial charge in [0.2, 0.25) is 0 Å². The molecule has 618 valence electrons. The Morgan fingerprint density at radius 2 is 0.519 bits per heavy atom. The highest BCUT2D eigenvalue weighted by Crippen LogP contribution is 2.45. The van der Waals surface area contributed by atoms with Gasteiger partial charge in [0.15, 0.2) is 12.2 Å². The number of phosphoric ester groups is 2. The molecule has 0 spiro atoms. The van der Waals surface area contributed by atoms with E-state index in [4.69, 9.17) is 37.0 Å². The monoisotopic (exact) mass is 1550 g/mol. The van der Waals surface area contributed by atoms with Crippen LogP contribution in [0.1, 0.15) is 336 Å².